The molecule has 1 aliphatic carbocycles. The number of nitrogens with one attached hydrogen (secondary N) is 1. The van der Waals surface area contributed by atoms with Gasteiger partial charge < -0.3 is 10.1 Å². The van der Waals surface area contributed by atoms with E-state index < -0.39 is 0 Å². The lowest BCUT2D eigenvalue weighted by molar-refractivity contribution is 0.303. The number of aryl methyl sites for hydroxylation is 1. The summed E-state index contributed by atoms with van der Waals surface area (Å²) in [5, 5.41) is 4.14. The van der Waals surface area contributed by atoms with Crippen LogP contribution in [0, 0.1) is 6.92 Å². The Bertz CT molecular complexity index is 620. The Morgan fingerprint density at radius 2 is 1.86 bits per heavy atom. The van der Waals surface area contributed by atoms with Crippen molar-refractivity contribution in [3.63, 3.8) is 0 Å². The monoisotopic (exact) mass is 301 g/mol. The van der Waals surface area contributed by atoms with Crippen LogP contribution in [-0.4, -0.2) is 13.2 Å². The highest BCUT2D eigenvalue weighted by Gasteiger charge is 2.23. The van der Waals surface area contributed by atoms with Crippen molar-refractivity contribution in [2.45, 2.75) is 31.9 Å². The molecule has 0 heterocycles. The van der Waals surface area contributed by atoms with Crippen LogP contribution in [0.2, 0.25) is 5.02 Å². The number of hydrogen-bond acceptors (Lipinski definition) is 2. The molecule has 110 valence electrons. The van der Waals surface area contributed by atoms with E-state index in [2.05, 4.69) is 29.6 Å². The summed E-state index contributed by atoms with van der Waals surface area (Å²) >= 11 is 6.40. The molecule has 3 rings (SSSR count). The Hall–Kier alpha value is -1.51. The standard InChI is InChI=1S/C18H20ClNO/c1-12-3-10-16(17(19)11-12)18(20-2)13-4-6-14(7-5-13)21-15-8-9-15/h3-7,10-11,15,18,20H,8-9H2,1-2H3. The fourth-order valence-corrected chi connectivity index (χ4v) is 2.83. The SMILES string of the molecule is CNC(c1ccc(OC2CC2)cc1)c1ccc(C)cc1Cl. The second kappa shape index (κ2) is 6.08. The molecule has 1 fully saturated rings. The average molecular weight is 302 g/mol. The lowest BCUT2D eigenvalue weighted by atomic mass is 9.98. The summed E-state index contributed by atoms with van der Waals surface area (Å²) in [6.07, 6.45) is 2.79. The minimum absolute atomic E-state index is 0.0908. The first-order valence-electron chi connectivity index (χ1n) is 7.37. The number of benzene rings is 2. The van der Waals surface area contributed by atoms with Gasteiger partial charge in [0.2, 0.25) is 0 Å². The van der Waals surface area contributed by atoms with Gasteiger partial charge in [0.25, 0.3) is 0 Å². The summed E-state index contributed by atoms with van der Waals surface area (Å²) in [6.45, 7) is 2.05. The van der Waals surface area contributed by atoms with E-state index in [9.17, 15) is 0 Å². The van der Waals surface area contributed by atoms with Gasteiger partial charge in [-0.1, -0.05) is 35.9 Å². The Morgan fingerprint density at radius 3 is 2.43 bits per heavy atom. The Labute approximate surface area is 131 Å². The highest BCUT2D eigenvalue weighted by molar-refractivity contribution is 6.31. The minimum Gasteiger partial charge on any atom is -0.490 e. The first-order chi connectivity index (χ1) is 10.2. The average Bonchev–Trinajstić information content (AvgIpc) is 3.27. The third-order valence-corrected chi connectivity index (χ3v) is 4.12. The summed E-state index contributed by atoms with van der Waals surface area (Å²) in [4.78, 5) is 0. The second-order valence-electron chi connectivity index (χ2n) is 5.63. The second-order valence-corrected chi connectivity index (χ2v) is 6.04. The summed E-state index contributed by atoms with van der Waals surface area (Å²) in [6, 6.07) is 14.6. The van der Waals surface area contributed by atoms with Gasteiger partial charge in [0.05, 0.1) is 12.1 Å². The molecule has 0 bridgehead atoms. The predicted octanol–water partition coefficient (Wildman–Crippen LogP) is 4.50. The van der Waals surface area contributed by atoms with Crippen LogP contribution in [0.1, 0.15) is 35.6 Å². The fourth-order valence-electron chi connectivity index (χ4n) is 2.49. The molecule has 0 aromatic heterocycles. The van der Waals surface area contributed by atoms with Gasteiger partial charge in [-0.05, 0) is 61.7 Å². The van der Waals surface area contributed by atoms with Crippen LogP contribution < -0.4 is 10.1 Å². The molecule has 21 heavy (non-hydrogen) atoms. The number of halogens is 1. The van der Waals surface area contributed by atoms with Crippen LogP contribution in [0.5, 0.6) is 5.75 Å². The van der Waals surface area contributed by atoms with E-state index in [0.717, 1.165) is 16.3 Å². The van der Waals surface area contributed by atoms with Crippen LogP contribution in [-0.2, 0) is 0 Å². The molecular formula is C18H20ClNO. The highest BCUT2D eigenvalue weighted by atomic mass is 35.5. The van der Waals surface area contributed by atoms with E-state index in [0.29, 0.717) is 6.10 Å². The highest BCUT2D eigenvalue weighted by Crippen LogP contribution is 2.31. The van der Waals surface area contributed by atoms with Crippen LogP contribution in [0.3, 0.4) is 0 Å². The van der Waals surface area contributed by atoms with E-state index in [1.165, 1.54) is 24.0 Å². The molecule has 2 nitrogen and oxygen atoms in total. The van der Waals surface area contributed by atoms with Crippen molar-refractivity contribution in [1.82, 2.24) is 5.32 Å². The van der Waals surface area contributed by atoms with Crippen LogP contribution >= 0.6 is 11.6 Å². The molecule has 0 aliphatic heterocycles. The molecule has 0 spiro atoms. The van der Waals surface area contributed by atoms with Crippen molar-refractivity contribution in [1.29, 1.82) is 0 Å². The first-order valence-corrected chi connectivity index (χ1v) is 7.75. The smallest absolute Gasteiger partial charge is 0.119 e. The fraction of sp³-hybridized carbons (Fsp3) is 0.333. The zero-order valence-electron chi connectivity index (χ0n) is 12.4. The maximum atomic E-state index is 6.40. The quantitative estimate of drug-likeness (QED) is 0.878. The molecule has 1 N–H and O–H groups in total. The maximum absolute atomic E-state index is 6.40. The van der Waals surface area contributed by atoms with Crippen molar-refractivity contribution in [3.05, 3.63) is 64.2 Å². The van der Waals surface area contributed by atoms with E-state index in [1.54, 1.807) is 0 Å². The normalized spacial score (nSPS) is 15.8. The number of hydrogen-bond donors (Lipinski definition) is 1. The Morgan fingerprint density at radius 1 is 1.14 bits per heavy atom. The van der Waals surface area contributed by atoms with Gasteiger partial charge in [-0.3, -0.25) is 0 Å². The first kappa shape index (κ1) is 14.4. The van der Waals surface area contributed by atoms with Crippen molar-refractivity contribution in [2.75, 3.05) is 7.05 Å². The van der Waals surface area contributed by atoms with Gasteiger partial charge in [-0.25, -0.2) is 0 Å². The van der Waals surface area contributed by atoms with Crippen LogP contribution in [0.15, 0.2) is 42.5 Å². The molecule has 1 saturated carbocycles. The molecule has 1 aliphatic rings. The van der Waals surface area contributed by atoms with Crippen molar-refractivity contribution in [3.8, 4) is 5.75 Å². The van der Waals surface area contributed by atoms with Gasteiger partial charge in [0, 0.05) is 5.02 Å². The Balaban J connectivity index is 1.84. The summed E-state index contributed by atoms with van der Waals surface area (Å²) < 4.78 is 5.79. The topological polar surface area (TPSA) is 21.3 Å². The van der Waals surface area contributed by atoms with Gasteiger partial charge in [0.1, 0.15) is 5.75 Å². The van der Waals surface area contributed by atoms with Crippen molar-refractivity contribution < 1.29 is 4.74 Å². The third-order valence-electron chi connectivity index (χ3n) is 3.80. The maximum Gasteiger partial charge on any atom is 0.119 e. The third kappa shape index (κ3) is 3.39. The van der Waals surface area contributed by atoms with E-state index in [4.69, 9.17) is 16.3 Å². The number of rotatable bonds is 5. The lowest BCUT2D eigenvalue weighted by Crippen LogP contribution is -2.18. The molecule has 1 unspecified atom stereocenters. The molecule has 0 amide bonds. The van der Waals surface area contributed by atoms with Gasteiger partial charge in [0.15, 0.2) is 0 Å². The molecule has 1 atom stereocenters. The van der Waals surface area contributed by atoms with Gasteiger partial charge >= 0.3 is 0 Å². The largest absolute Gasteiger partial charge is 0.490 e. The minimum atomic E-state index is 0.0908. The zero-order valence-corrected chi connectivity index (χ0v) is 13.2. The molecule has 0 radical (unpaired) electrons. The molecule has 3 heteroatoms. The van der Waals surface area contributed by atoms with E-state index >= 15 is 0 Å². The van der Waals surface area contributed by atoms with Crippen LogP contribution in [0.4, 0.5) is 0 Å². The zero-order chi connectivity index (χ0) is 14.8. The predicted molar refractivity (Wildman–Crippen MR) is 87.2 cm³/mol. The molecule has 0 saturated heterocycles. The molecule has 2 aromatic carbocycles. The van der Waals surface area contributed by atoms with Crippen molar-refractivity contribution >= 4 is 11.6 Å². The lowest BCUT2D eigenvalue weighted by Gasteiger charge is -2.19. The van der Waals surface area contributed by atoms with Gasteiger partial charge in [-0.2, -0.15) is 0 Å². The molecule has 2 aromatic rings. The summed E-state index contributed by atoms with van der Waals surface area (Å²) in [5.74, 6) is 0.950. The summed E-state index contributed by atoms with van der Waals surface area (Å²) in [5.41, 5.74) is 3.46. The van der Waals surface area contributed by atoms with E-state index in [-0.39, 0.29) is 6.04 Å². The summed E-state index contributed by atoms with van der Waals surface area (Å²) in [7, 11) is 1.95. The van der Waals surface area contributed by atoms with Gasteiger partial charge in [-0.15, -0.1) is 0 Å². The van der Waals surface area contributed by atoms with Crippen molar-refractivity contribution in [2.24, 2.45) is 0 Å². The van der Waals surface area contributed by atoms with E-state index in [1.807, 2.05) is 32.2 Å². The van der Waals surface area contributed by atoms with Crippen LogP contribution in [0.25, 0.3) is 0 Å². The Kier molecular flexibility index (Phi) is 4.18. The number of ether oxygens (including phenoxy) is 1. The molecular weight excluding hydrogens is 282 g/mol.